The summed E-state index contributed by atoms with van der Waals surface area (Å²) >= 11 is 5.86. The van der Waals surface area contributed by atoms with Crippen molar-refractivity contribution in [3.05, 3.63) is 34.9 Å². The molecule has 0 radical (unpaired) electrons. The molecule has 1 saturated heterocycles. The number of carbonyl (C=O) groups excluding carboxylic acids is 1. The van der Waals surface area contributed by atoms with Gasteiger partial charge < -0.3 is 4.90 Å². The van der Waals surface area contributed by atoms with Crippen LogP contribution in [-0.2, 0) is 11.3 Å². The Balaban J connectivity index is 0.00000200. The topological polar surface area (TPSA) is 32.3 Å². The van der Waals surface area contributed by atoms with E-state index in [1.165, 1.54) is 4.90 Å². The van der Waals surface area contributed by atoms with Crippen molar-refractivity contribution in [2.24, 2.45) is 0 Å². The Morgan fingerprint density at radius 3 is 2.80 bits per heavy atom. The highest BCUT2D eigenvalue weighted by atomic mass is 35.5. The van der Waals surface area contributed by atoms with E-state index in [9.17, 15) is 13.6 Å². The normalized spacial score (nSPS) is 20.3. The average Bonchev–Trinajstić information content (AvgIpc) is 2.68. The minimum atomic E-state index is -2.79. The van der Waals surface area contributed by atoms with Crippen molar-refractivity contribution in [1.82, 2.24) is 10.2 Å². The van der Waals surface area contributed by atoms with Crippen LogP contribution in [0, 0.1) is 0 Å². The molecular weight excluding hydrogens is 309 g/mol. The molecule has 0 saturated carbocycles. The fourth-order valence-electron chi connectivity index (χ4n) is 2.14. The molecule has 1 aliphatic heterocycles. The van der Waals surface area contributed by atoms with Crippen LogP contribution in [0.4, 0.5) is 8.78 Å². The largest absolute Gasteiger partial charge is 0.340 e. The van der Waals surface area contributed by atoms with E-state index in [0.29, 0.717) is 11.6 Å². The van der Waals surface area contributed by atoms with Crippen molar-refractivity contribution < 1.29 is 13.6 Å². The van der Waals surface area contributed by atoms with E-state index >= 15 is 0 Å². The second kappa shape index (κ2) is 6.70. The summed E-state index contributed by atoms with van der Waals surface area (Å²) in [7, 11) is 1.60. The van der Waals surface area contributed by atoms with Crippen LogP contribution in [0.1, 0.15) is 12.0 Å². The van der Waals surface area contributed by atoms with E-state index < -0.39 is 24.9 Å². The standard InChI is InChI=1S/C13H15ClF2N2O.ClH/c1-18(7-9-3-2-4-10(14)5-9)12(19)11-6-13(15,16)8-17-11;/h2-5,11,17H,6-8H2,1H3;1H. The maximum atomic E-state index is 13.0. The highest BCUT2D eigenvalue weighted by Crippen LogP contribution is 2.26. The van der Waals surface area contributed by atoms with Crippen LogP contribution in [-0.4, -0.2) is 36.4 Å². The lowest BCUT2D eigenvalue weighted by Gasteiger charge is -2.21. The monoisotopic (exact) mass is 324 g/mol. The van der Waals surface area contributed by atoms with E-state index in [4.69, 9.17) is 11.6 Å². The fourth-order valence-corrected chi connectivity index (χ4v) is 2.36. The van der Waals surface area contributed by atoms with Gasteiger partial charge in [0.25, 0.3) is 5.92 Å². The number of likely N-dealkylation sites (N-methyl/N-ethyl adjacent to an activating group) is 1. The van der Waals surface area contributed by atoms with Crippen LogP contribution < -0.4 is 5.32 Å². The van der Waals surface area contributed by atoms with Gasteiger partial charge in [0.2, 0.25) is 5.91 Å². The molecular formula is C13H16Cl2F2N2O. The Labute approximate surface area is 127 Å². The van der Waals surface area contributed by atoms with Gasteiger partial charge in [0.15, 0.2) is 0 Å². The number of nitrogens with zero attached hydrogens (tertiary/aromatic N) is 1. The second-order valence-electron chi connectivity index (χ2n) is 4.82. The van der Waals surface area contributed by atoms with Crippen molar-refractivity contribution in [2.45, 2.75) is 24.9 Å². The maximum Gasteiger partial charge on any atom is 0.262 e. The number of amides is 1. The molecule has 1 heterocycles. The van der Waals surface area contributed by atoms with Gasteiger partial charge in [-0.25, -0.2) is 8.78 Å². The molecule has 0 spiro atoms. The minimum absolute atomic E-state index is 0. The predicted octanol–water partition coefficient (Wildman–Crippen LogP) is 2.72. The first-order valence-electron chi connectivity index (χ1n) is 5.98. The molecule has 1 unspecified atom stereocenters. The van der Waals surface area contributed by atoms with Crippen LogP contribution >= 0.6 is 24.0 Å². The van der Waals surface area contributed by atoms with Crippen molar-refractivity contribution in [1.29, 1.82) is 0 Å². The Bertz CT molecular complexity index is 485. The zero-order chi connectivity index (χ0) is 14.0. The Kier molecular flexibility index (Phi) is 5.74. The lowest BCUT2D eigenvalue weighted by Crippen LogP contribution is -2.41. The summed E-state index contributed by atoms with van der Waals surface area (Å²) in [4.78, 5) is 13.5. The number of halogens is 4. The van der Waals surface area contributed by atoms with E-state index in [-0.39, 0.29) is 18.3 Å². The first kappa shape index (κ1) is 17.1. The second-order valence-corrected chi connectivity index (χ2v) is 5.25. The third kappa shape index (κ3) is 4.30. The molecule has 0 bridgehead atoms. The number of nitrogens with one attached hydrogen (secondary N) is 1. The van der Waals surface area contributed by atoms with Crippen LogP contribution in [0.2, 0.25) is 5.02 Å². The number of benzene rings is 1. The highest BCUT2D eigenvalue weighted by molar-refractivity contribution is 6.30. The van der Waals surface area contributed by atoms with Gasteiger partial charge in [-0.15, -0.1) is 12.4 Å². The summed E-state index contributed by atoms with van der Waals surface area (Å²) in [6.45, 7) is -0.0858. The summed E-state index contributed by atoms with van der Waals surface area (Å²) in [5.74, 6) is -3.12. The number of hydrogen-bond acceptors (Lipinski definition) is 2. The Hall–Kier alpha value is -0.910. The average molecular weight is 325 g/mol. The summed E-state index contributed by atoms with van der Waals surface area (Å²) in [6.07, 6.45) is -0.439. The Morgan fingerprint density at radius 2 is 2.25 bits per heavy atom. The van der Waals surface area contributed by atoms with Gasteiger partial charge >= 0.3 is 0 Å². The smallest absolute Gasteiger partial charge is 0.262 e. The molecule has 1 aliphatic rings. The number of hydrogen-bond donors (Lipinski definition) is 1. The van der Waals surface area contributed by atoms with E-state index in [1.54, 1.807) is 25.2 Å². The van der Waals surface area contributed by atoms with Gasteiger partial charge in [-0.05, 0) is 17.7 Å². The third-order valence-corrected chi connectivity index (χ3v) is 3.33. The highest BCUT2D eigenvalue weighted by Gasteiger charge is 2.43. The molecule has 2 rings (SSSR count). The first-order valence-corrected chi connectivity index (χ1v) is 6.36. The summed E-state index contributed by atoms with van der Waals surface area (Å²) in [5.41, 5.74) is 0.869. The predicted molar refractivity (Wildman–Crippen MR) is 76.5 cm³/mol. The van der Waals surface area contributed by atoms with Gasteiger partial charge in [-0.2, -0.15) is 0 Å². The van der Waals surface area contributed by atoms with Crippen LogP contribution in [0.3, 0.4) is 0 Å². The summed E-state index contributed by atoms with van der Waals surface area (Å²) in [6, 6.07) is 6.32. The zero-order valence-corrected chi connectivity index (χ0v) is 12.5. The Morgan fingerprint density at radius 1 is 1.55 bits per heavy atom. The van der Waals surface area contributed by atoms with Crippen molar-refractivity contribution in [3.63, 3.8) is 0 Å². The first-order chi connectivity index (χ1) is 8.87. The molecule has 1 N–H and O–H groups in total. The molecule has 0 aromatic heterocycles. The maximum absolute atomic E-state index is 13.0. The van der Waals surface area contributed by atoms with E-state index in [1.807, 2.05) is 6.07 Å². The quantitative estimate of drug-likeness (QED) is 0.927. The molecule has 1 amide bonds. The van der Waals surface area contributed by atoms with Crippen LogP contribution in [0.25, 0.3) is 0 Å². The van der Waals surface area contributed by atoms with Gasteiger partial charge in [0.05, 0.1) is 12.6 Å². The van der Waals surface area contributed by atoms with Gasteiger partial charge in [-0.1, -0.05) is 23.7 Å². The van der Waals surface area contributed by atoms with Crippen molar-refractivity contribution >= 4 is 29.9 Å². The molecule has 3 nitrogen and oxygen atoms in total. The minimum Gasteiger partial charge on any atom is -0.340 e. The van der Waals surface area contributed by atoms with E-state index in [0.717, 1.165) is 5.56 Å². The molecule has 0 aliphatic carbocycles. The lowest BCUT2D eigenvalue weighted by atomic mass is 10.1. The number of carbonyl (C=O) groups is 1. The molecule has 1 atom stereocenters. The van der Waals surface area contributed by atoms with Gasteiger partial charge in [-0.3, -0.25) is 10.1 Å². The molecule has 7 heteroatoms. The molecule has 112 valence electrons. The number of alkyl halides is 2. The van der Waals surface area contributed by atoms with E-state index in [2.05, 4.69) is 5.32 Å². The van der Waals surface area contributed by atoms with Crippen LogP contribution in [0.5, 0.6) is 0 Å². The number of rotatable bonds is 3. The zero-order valence-electron chi connectivity index (χ0n) is 10.9. The van der Waals surface area contributed by atoms with Crippen molar-refractivity contribution in [2.75, 3.05) is 13.6 Å². The molecule has 20 heavy (non-hydrogen) atoms. The summed E-state index contributed by atoms with van der Waals surface area (Å²) in [5, 5.41) is 3.14. The molecule has 1 fully saturated rings. The SMILES string of the molecule is CN(Cc1cccc(Cl)c1)C(=O)C1CC(F)(F)CN1.Cl. The third-order valence-electron chi connectivity index (χ3n) is 3.09. The van der Waals surface area contributed by atoms with Crippen LogP contribution in [0.15, 0.2) is 24.3 Å². The van der Waals surface area contributed by atoms with Crippen molar-refractivity contribution in [3.8, 4) is 0 Å². The molecule has 1 aromatic rings. The lowest BCUT2D eigenvalue weighted by molar-refractivity contribution is -0.132. The molecule has 1 aromatic carbocycles. The fraction of sp³-hybridized carbons (Fsp3) is 0.462. The van der Waals surface area contributed by atoms with Gasteiger partial charge in [0, 0.05) is 25.0 Å². The van der Waals surface area contributed by atoms with Gasteiger partial charge in [0.1, 0.15) is 0 Å². The summed E-state index contributed by atoms with van der Waals surface area (Å²) < 4.78 is 26.1.